The highest BCUT2D eigenvalue weighted by molar-refractivity contribution is 5.76. The first-order valence-corrected chi connectivity index (χ1v) is 7.32. The Balaban J connectivity index is 1.91. The van der Waals surface area contributed by atoms with Crippen LogP contribution in [0.15, 0.2) is 18.2 Å². The summed E-state index contributed by atoms with van der Waals surface area (Å²) >= 11 is 0. The highest BCUT2D eigenvalue weighted by Crippen LogP contribution is 2.24. The molecule has 1 fully saturated rings. The van der Waals surface area contributed by atoms with Gasteiger partial charge in [0, 0.05) is 31.1 Å². The summed E-state index contributed by atoms with van der Waals surface area (Å²) in [5, 5.41) is 5.76. The summed E-state index contributed by atoms with van der Waals surface area (Å²) in [7, 11) is 0. The van der Waals surface area contributed by atoms with Gasteiger partial charge in [-0.25, -0.2) is 4.39 Å². The van der Waals surface area contributed by atoms with Crippen LogP contribution in [0.25, 0.3) is 0 Å². The lowest BCUT2D eigenvalue weighted by atomic mass is 10.0. The molecule has 8 heteroatoms. The molecule has 2 rings (SSSR count). The van der Waals surface area contributed by atoms with Crippen LogP contribution < -0.4 is 15.4 Å². The molecule has 128 valence electrons. The highest BCUT2D eigenvalue weighted by Gasteiger charge is 2.29. The van der Waals surface area contributed by atoms with Gasteiger partial charge in [0.15, 0.2) is 6.61 Å². The van der Waals surface area contributed by atoms with Crippen molar-refractivity contribution >= 4 is 5.91 Å². The van der Waals surface area contributed by atoms with Crippen LogP contribution in [0.2, 0.25) is 0 Å². The van der Waals surface area contributed by atoms with Crippen molar-refractivity contribution in [2.45, 2.75) is 38.0 Å². The molecule has 0 aromatic heterocycles. The zero-order valence-corrected chi connectivity index (χ0v) is 12.4. The first-order valence-electron chi connectivity index (χ1n) is 7.32. The number of benzene rings is 1. The predicted molar refractivity (Wildman–Crippen MR) is 75.4 cm³/mol. The van der Waals surface area contributed by atoms with Crippen LogP contribution in [0.5, 0.6) is 5.75 Å². The molecule has 1 atom stereocenters. The lowest BCUT2D eigenvalue weighted by Gasteiger charge is -2.23. The Morgan fingerprint density at radius 3 is 2.83 bits per heavy atom. The van der Waals surface area contributed by atoms with E-state index >= 15 is 0 Å². The van der Waals surface area contributed by atoms with Crippen molar-refractivity contribution < 1.29 is 27.1 Å². The van der Waals surface area contributed by atoms with E-state index in [1.54, 1.807) is 0 Å². The number of alkyl halides is 3. The van der Waals surface area contributed by atoms with Crippen molar-refractivity contribution in [3.05, 3.63) is 29.6 Å². The summed E-state index contributed by atoms with van der Waals surface area (Å²) in [6.45, 7) is -1.03. The molecule has 23 heavy (non-hydrogen) atoms. The van der Waals surface area contributed by atoms with Gasteiger partial charge < -0.3 is 15.4 Å². The van der Waals surface area contributed by atoms with E-state index in [4.69, 9.17) is 0 Å². The molecule has 1 aliphatic rings. The number of hydrogen-bond donors (Lipinski definition) is 2. The zero-order valence-electron chi connectivity index (χ0n) is 12.4. The average molecular weight is 334 g/mol. The molecule has 1 aromatic rings. The Morgan fingerprint density at radius 1 is 1.35 bits per heavy atom. The van der Waals surface area contributed by atoms with Crippen LogP contribution in [-0.2, 0) is 11.3 Å². The van der Waals surface area contributed by atoms with E-state index in [0.29, 0.717) is 13.0 Å². The van der Waals surface area contributed by atoms with Crippen molar-refractivity contribution in [1.29, 1.82) is 0 Å². The Hall–Kier alpha value is -1.83. The number of piperidine rings is 1. The van der Waals surface area contributed by atoms with Crippen molar-refractivity contribution in [3.63, 3.8) is 0 Å². The molecule has 1 heterocycles. The second-order valence-corrected chi connectivity index (χ2v) is 5.41. The molecule has 1 aromatic carbocycles. The maximum atomic E-state index is 13.8. The summed E-state index contributed by atoms with van der Waals surface area (Å²) in [6.07, 6.45) is -2.38. The van der Waals surface area contributed by atoms with E-state index in [1.165, 1.54) is 18.2 Å². The summed E-state index contributed by atoms with van der Waals surface area (Å²) in [5.41, 5.74) is 0.0406. The van der Waals surface area contributed by atoms with E-state index in [2.05, 4.69) is 15.4 Å². The minimum Gasteiger partial charge on any atom is -0.484 e. The first-order chi connectivity index (χ1) is 10.8. The van der Waals surface area contributed by atoms with Crippen molar-refractivity contribution in [1.82, 2.24) is 10.6 Å². The quantitative estimate of drug-likeness (QED) is 0.786. The molecule has 0 spiro atoms. The Bertz CT molecular complexity index is 549. The van der Waals surface area contributed by atoms with Gasteiger partial charge in [0.05, 0.1) is 0 Å². The zero-order chi connectivity index (χ0) is 16.9. The van der Waals surface area contributed by atoms with Crippen LogP contribution in [-0.4, -0.2) is 31.3 Å². The molecule has 2 N–H and O–H groups in total. The van der Waals surface area contributed by atoms with Crippen molar-refractivity contribution in [2.75, 3.05) is 13.2 Å². The van der Waals surface area contributed by atoms with Crippen LogP contribution in [0, 0.1) is 5.82 Å². The van der Waals surface area contributed by atoms with Gasteiger partial charge >= 0.3 is 6.18 Å². The molecule has 0 bridgehead atoms. The van der Waals surface area contributed by atoms with Crippen molar-refractivity contribution in [2.24, 2.45) is 0 Å². The highest BCUT2D eigenvalue weighted by atomic mass is 19.4. The first kappa shape index (κ1) is 17.5. The number of nitrogens with one attached hydrogen (secondary N) is 2. The third kappa shape index (κ3) is 5.70. The summed E-state index contributed by atoms with van der Waals surface area (Å²) in [4.78, 5) is 11.3. The van der Waals surface area contributed by atoms with Crippen molar-refractivity contribution in [3.8, 4) is 5.75 Å². The molecule has 0 radical (unpaired) electrons. The fourth-order valence-corrected chi connectivity index (χ4v) is 2.41. The van der Waals surface area contributed by atoms with Gasteiger partial charge in [-0.15, -0.1) is 0 Å². The van der Waals surface area contributed by atoms with E-state index in [-0.39, 0.29) is 29.8 Å². The molecule has 0 saturated carbocycles. The van der Waals surface area contributed by atoms with E-state index < -0.39 is 18.6 Å². The maximum absolute atomic E-state index is 13.8. The summed E-state index contributed by atoms with van der Waals surface area (Å²) in [5.74, 6) is -0.796. The van der Waals surface area contributed by atoms with Crippen LogP contribution >= 0.6 is 0 Å². The minimum absolute atomic E-state index is 0.0201. The van der Waals surface area contributed by atoms with E-state index in [1.807, 2.05) is 0 Å². The van der Waals surface area contributed by atoms with Gasteiger partial charge in [0.25, 0.3) is 0 Å². The Labute approximate surface area is 131 Å². The summed E-state index contributed by atoms with van der Waals surface area (Å²) in [6, 6.07) is 3.71. The Morgan fingerprint density at radius 2 is 2.13 bits per heavy atom. The van der Waals surface area contributed by atoms with Crippen LogP contribution in [0.4, 0.5) is 17.6 Å². The predicted octanol–water partition coefficient (Wildman–Crippen LogP) is 2.53. The fraction of sp³-hybridized carbons (Fsp3) is 0.533. The lowest BCUT2D eigenvalue weighted by Crippen LogP contribution is -2.44. The number of halogens is 4. The number of rotatable bonds is 6. The van der Waals surface area contributed by atoms with Gasteiger partial charge in [0.1, 0.15) is 11.6 Å². The molecule has 0 aliphatic carbocycles. The molecule has 1 aliphatic heterocycles. The lowest BCUT2D eigenvalue weighted by molar-refractivity contribution is -0.153. The van der Waals surface area contributed by atoms with E-state index in [9.17, 15) is 22.4 Å². The number of carbonyl (C=O) groups excluding carboxylic acids is 1. The third-order valence-electron chi connectivity index (χ3n) is 3.48. The number of amides is 1. The Kier molecular flexibility index (Phi) is 5.81. The number of carbonyl (C=O) groups is 1. The second-order valence-electron chi connectivity index (χ2n) is 5.41. The van der Waals surface area contributed by atoms with Gasteiger partial charge in [0.2, 0.25) is 5.91 Å². The molecular weight excluding hydrogens is 316 g/mol. The van der Waals surface area contributed by atoms with Crippen LogP contribution in [0.1, 0.15) is 24.8 Å². The molecule has 0 unspecified atom stereocenters. The molecular formula is C15H18F4N2O2. The molecule has 4 nitrogen and oxygen atoms in total. The normalized spacial score (nSPS) is 18.6. The molecule has 1 amide bonds. The van der Waals surface area contributed by atoms with E-state index in [0.717, 1.165) is 12.8 Å². The summed E-state index contributed by atoms with van der Waals surface area (Å²) < 4.78 is 55.2. The smallest absolute Gasteiger partial charge is 0.422 e. The van der Waals surface area contributed by atoms with Gasteiger partial charge in [-0.05, 0) is 25.0 Å². The average Bonchev–Trinajstić information content (AvgIpc) is 2.46. The largest absolute Gasteiger partial charge is 0.484 e. The number of hydrogen-bond acceptors (Lipinski definition) is 3. The SMILES string of the molecule is O=C1CCC[C@H](CNCc2c(F)cccc2OCC(F)(F)F)N1. The monoisotopic (exact) mass is 334 g/mol. The fourth-order valence-electron chi connectivity index (χ4n) is 2.41. The maximum Gasteiger partial charge on any atom is 0.422 e. The van der Waals surface area contributed by atoms with Crippen LogP contribution in [0.3, 0.4) is 0 Å². The van der Waals surface area contributed by atoms with Gasteiger partial charge in [-0.1, -0.05) is 6.07 Å². The third-order valence-corrected chi connectivity index (χ3v) is 3.48. The standard InChI is InChI=1S/C15H18F4N2O2/c16-12-4-2-5-13(23-9-15(17,18)19)11(12)8-20-7-10-3-1-6-14(22)21-10/h2,4-5,10,20H,1,3,6-9H2,(H,21,22)/t10-/m1/s1. The van der Waals surface area contributed by atoms with Gasteiger partial charge in [-0.2, -0.15) is 13.2 Å². The van der Waals surface area contributed by atoms with Gasteiger partial charge in [-0.3, -0.25) is 4.79 Å². The minimum atomic E-state index is -4.48. The molecule has 1 saturated heterocycles. The second kappa shape index (κ2) is 7.63. The topological polar surface area (TPSA) is 50.4 Å². The number of ether oxygens (including phenoxy) is 1.